The van der Waals surface area contributed by atoms with Gasteiger partial charge in [-0.1, -0.05) is 23.9 Å². The van der Waals surface area contributed by atoms with E-state index in [1.807, 2.05) is 12.1 Å². The Labute approximate surface area is 157 Å². The molecule has 3 heterocycles. The van der Waals surface area contributed by atoms with E-state index in [1.165, 1.54) is 18.0 Å². The molecule has 0 saturated carbocycles. The van der Waals surface area contributed by atoms with Gasteiger partial charge in [-0.2, -0.15) is 0 Å². The van der Waals surface area contributed by atoms with Crippen LogP contribution in [0.2, 0.25) is 0 Å². The minimum Gasteiger partial charge on any atom is -0.459 e. The van der Waals surface area contributed by atoms with Crippen LogP contribution in [0.1, 0.15) is 12.3 Å². The molecule has 1 N–H and O–H groups in total. The van der Waals surface area contributed by atoms with Crippen LogP contribution < -0.4 is 5.56 Å². The van der Waals surface area contributed by atoms with Crippen molar-refractivity contribution in [2.24, 2.45) is 0 Å². The Bertz CT molecular complexity index is 1100. The number of thioether (sulfide) groups is 1. The maximum atomic E-state index is 12.8. The lowest BCUT2D eigenvalue weighted by atomic mass is 10.2. The number of fused-ring (bicyclic) bond motifs is 1. The predicted octanol–water partition coefficient (Wildman–Crippen LogP) is 2.71. The highest BCUT2D eigenvalue weighted by atomic mass is 32.2. The molecule has 4 rings (SSSR count). The minimum atomic E-state index is -0.127. The molecule has 3 aromatic heterocycles. The summed E-state index contributed by atoms with van der Waals surface area (Å²) in [5, 5.41) is 18.2. The van der Waals surface area contributed by atoms with E-state index in [2.05, 4.69) is 15.2 Å². The van der Waals surface area contributed by atoms with Crippen molar-refractivity contribution in [2.45, 2.75) is 23.9 Å². The highest BCUT2D eigenvalue weighted by Gasteiger charge is 2.15. The number of aliphatic hydroxyl groups excluding tert-OH is 1. The molecule has 4 aromatic rings. The number of benzene rings is 1. The van der Waals surface area contributed by atoms with Crippen LogP contribution in [-0.2, 0) is 12.3 Å². The van der Waals surface area contributed by atoms with Gasteiger partial charge in [-0.05, 0) is 30.7 Å². The van der Waals surface area contributed by atoms with Gasteiger partial charge in [-0.15, -0.1) is 10.2 Å². The molecular formula is C18H16N4O4S. The SMILES string of the molecule is O=c1c2ccccc2nc(SCc2nnc(-c3ccco3)o2)n1CCCO. The summed E-state index contributed by atoms with van der Waals surface area (Å²) in [5.41, 5.74) is 0.505. The van der Waals surface area contributed by atoms with Crippen LogP contribution in [0.15, 0.2) is 61.4 Å². The van der Waals surface area contributed by atoms with Crippen molar-refractivity contribution >= 4 is 22.7 Å². The number of rotatable bonds is 7. The Kier molecular flexibility index (Phi) is 5.03. The number of hydrogen-bond acceptors (Lipinski definition) is 8. The summed E-state index contributed by atoms with van der Waals surface area (Å²) in [6.45, 7) is 0.385. The lowest BCUT2D eigenvalue weighted by Gasteiger charge is -2.11. The average Bonchev–Trinajstić information content (AvgIpc) is 3.37. The molecule has 0 saturated heterocycles. The topological polar surface area (TPSA) is 107 Å². The van der Waals surface area contributed by atoms with Crippen molar-refractivity contribution in [1.29, 1.82) is 0 Å². The summed E-state index contributed by atoms with van der Waals surface area (Å²) < 4.78 is 12.4. The molecule has 138 valence electrons. The Morgan fingerprint density at radius 1 is 1.15 bits per heavy atom. The van der Waals surface area contributed by atoms with E-state index < -0.39 is 0 Å². The van der Waals surface area contributed by atoms with Crippen LogP contribution >= 0.6 is 11.8 Å². The molecule has 0 amide bonds. The lowest BCUT2D eigenvalue weighted by molar-refractivity contribution is 0.276. The van der Waals surface area contributed by atoms with Crippen molar-refractivity contribution in [3.63, 3.8) is 0 Å². The molecule has 0 spiro atoms. The molecule has 0 atom stereocenters. The Hall–Kier alpha value is -2.91. The third-order valence-corrected chi connectivity index (χ3v) is 4.85. The number of hydrogen-bond donors (Lipinski definition) is 1. The number of aromatic nitrogens is 4. The van der Waals surface area contributed by atoms with Gasteiger partial charge in [-0.3, -0.25) is 9.36 Å². The number of nitrogens with zero attached hydrogens (tertiary/aromatic N) is 4. The van der Waals surface area contributed by atoms with Gasteiger partial charge in [0.15, 0.2) is 10.9 Å². The van der Waals surface area contributed by atoms with Gasteiger partial charge in [0, 0.05) is 13.2 Å². The van der Waals surface area contributed by atoms with Gasteiger partial charge in [0.05, 0.1) is 22.9 Å². The molecule has 0 radical (unpaired) electrons. The maximum Gasteiger partial charge on any atom is 0.283 e. The van der Waals surface area contributed by atoms with Crippen molar-refractivity contribution in [1.82, 2.24) is 19.7 Å². The Morgan fingerprint density at radius 3 is 2.85 bits per heavy atom. The average molecular weight is 384 g/mol. The van der Waals surface area contributed by atoms with E-state index in [9.17, 15) is 4.79 Å². The predicted molar refractivity (Wildman–Crippen MR) is 99.3 cm³/mol. The fraction of sp³-hybridized carbons (Fsp3) is 0.222. The van der Waals surface area contributed by atoms with E-state index in [-0.39, 0.29) is 12.2 Å². The summed E-state index contributed by atoms with van der Waals surface area (Å²) in [6, 6.07) is 10.7. The zero-order chi connectivity index (χ0) is 18.6. The van der Waals surface area contributed by atoms with Gasteiger partial charge in [0.25, 0.3) is 11.4 Å². The zero-order valence-corrected chi connectivity index (χ0v) is 15.1. The summed E-state index contributed by atoms with van der Waals surface area (Å²) in [4.78, 5) is 17.4. The molecule has 8 nitrogen and oxygen atoms in total. The standard InChI is InChI=1S/C18H16N4O4S/c23-9-4-8-22-17(24)12-5-1-2-6-13(12)19-18(22)27-11-15-20-21-16(26-15)14-7-3-10-25-14/h1-3,5-7,10,23H,4,8-9,11H2. The minimum absolute atomic E-state index is 0.000456. The summed E-state index contributed by atoms with van der Waals surface area (Å²) in [5.74, 6) is 1.57. The van der Waals surface area contributed by atoms with E-state index in [4.69, 9.17) is 13.9 Å². The molecule has 0 aliphatic rings. The van der Waals surface area contributed by atoms with Gasteiger partial charge in [0.2, 0.25) is 5.89 Å². The second-order valence-electron chi connectivity index (χ2n) is 5.71. The number of furan rings is 1. The van der Waals surface area contributed by atoms with E-state index in [0.29, 0.717) is 52.3 Å². The second kappa shape index (κ2) is 7.77. The highest BCUT2D eigenvalue weighted by Crippen LogP contribution is 2.24. The van der Waals surface area contributed by atoms with Gasteiger partial charge in [-0.25, -0.2) is 4.98 Å². The molecule has 1 aromatic carbocycles. The smallest absolute Gasteiger partial charge is 0.283 e. The molecule has 27 heavy (non-hydrogen) atoms. The number of aliphatic hydroxyl groups is 1. The van der Waals surface area contributed by atoms with Crippen LogP contribution in [0.25, 0.3) is 22.6 Å². The van der Waals surface area contributed by atoms with Crippen LogP contribution in [0.4, 0.5) is 0 Å². The van der Waals surface area contributed by atoms with Crippen LogP contribution in [0.5, 0.6) is 0 Å². The summed E-state index contributed by atoms with van der Waals surface area (Å²) in [7, 11) is 0. The first-order chi connectivity index (χ1) is 13.3. The fourth-order valence-electron chi connectivity index (χ4n) is 2.62. The normalized spacial score (nSPS) is 11.3. The quantitative estimate of drug-likeness (QED) is 0.383. The molecule has 0 bridgehead atoms. The third kappa shape index (κ3) is 3.64. The van der Waals surface area contributed by atoms with Crippen LogP contribution in [0.3, 0.4) is 0 Å². The Morgan fingerprint density at radius 2 is 2.04 bits per heavy atom. The first-order valence-corrected chi connectivity index (χ1v) is 9.34. The van der Waals surface area contributed by atoms with Gasteiger partial charge < -0.3 is 13.9 Å². The largest absolute Gasteiger partial charge is 0.459 e. The van der Waals surface area contributed by atoms with Crippen molar-refractivity contribution in [3.8, 4) is 11.7 Å². The van der Waals surface area contributed by atoms with Crippen molar-refractivity contribution in [2.75, 3.05) is 6.61 Å². The lowest BCUT2D eigenvalue weighted by Crippen LogP contribution is -2.24. The summed E-state index contributed by atoms with van der Waals surface area (Å²) >= 11 is 1.33. The highest BCUT2D eigenvalue weighted by molar-refractivity contribution is 7.98. The zero-order valence-electron chi connectivity index (χ0n) is 14.2. The van der Waals surface area contributed by atoms with E-state index >= 15 is 0 Å². The third-order valence-electron chi connectivity index (χ3n) is 3.89. The molecule has 0 aliphatic heterocycles. The van der Waals surface area contributed by atoms with E-state index in [1.54, 1.807) is 28.8 Å². The monoisotopic (exact) mass is 384 g/mol. The molecular weight excluding hydrogens is 368 g/mol. The van der Waals surface area contributed by atoms with E-state index in [0.717, 1.165) is 0 Å². The van der Waals surface area contributed by atoms with Crippen molar-refractivity contribution in [3.05, 3.63) is 58.9 Å². The maximum absolute atomic E-state index is 12.8. The Balaban J connectivity index is 1.61. The fourth-order valence-corrected chi connectivity index (χ4v) is 3.48. The molecule has 0 fully saturated rings. The van der Waals surface area contributed by atoms with Gasteiger partial charge in [0.1, 0.15) is 0 Å². The molecule has 9 heteroatoms. The van der Waals surface area contributed by atoms with Gasteiger partial charge >= 0.3 is 0 Å². The molecule has 0 unspecified atom stereocenters. The van der Waals surface area contributed by atoms with Crippen LogP contribution in [-0.4, -0.2) is 31.5 Å². The van der Waals surface area contributed by atoms with Crippen LogP contribution in [0, 0.1) is 0 Å². The summed E-state index contributed by atoms with van der Waals surface area (Å²) in [6.07, 6.45) is 2.00. The number of para-hydroxylation sites is 1. The van der Waals surface area contributed by atoms with Crippen molar-refractivity contribution < 1.29 is 13.9 Å². The first kappa shape index (κ1) is 17.5. The first-order valence-electron chi connectivity index (χ1n) is 8.36. The second-order valence-corrected chi connectivity index (χ2v) is 6.65. The molecule has 0 aliphatic carbocycles.